The number of aromatic nitrogens is 1. The number of hydrogen-bond donors (Lipinski definition) is 1. The first-order valence-corrected chi connectivity index (χ1v) is 6.13. The average Bonchev–Trinajstić information content (AvgIpc) is 2.37. The zero-order valence-corrected chi connectivity index (χ0v) is 11.3. The van der Waals surface area contributed by atoms with Crippen molar-refractivity contribution in [3.8, 4) is 0 Å². The maximum Gasteiger partial charge on any atom is 0.290 e. The topological polar surface area (TPSA) is 88.4 Å². The number of rotatable bonds is 6. The van der Waals surface area contributed by atoms with Crippen LogP contribution in [0.25, 0.3) is 0 Å². The van der Waals surface area contributed by atoms with Gasteiger partial charge in [0.15, 0.2) is 0 Å². The van der Waals surface area contributed by atoms with Gasteiger partial charge in [-0.3, -0.25) is 14.9 Å². The zero-order chi connectivity index (χ0) is 14.4. The van der Waals surface area contributed by atoms with E-state index in [2.05, 4.69) is 10.3 Å². The SMILES string of the molecule is CCN(CC)C(=O)CNc1ccc([N+](=O)[O-])c(C)n1. The molecule has 1 aromatic rings. The number of carbonyl (C=O) groups is 1. The van der Waals surface area contributed by atoms with Crippen molar-refractivity contribution >= 4 is 17.4 Å². The molecule has 0 atom stereocenters. The highest BCUT2D eigenvalue weighted by Crippen LogP contribution is 2.17. The van der Waals surface area contributed by atoms with Crippen LogP contribution in [0.4, 0.5) is 11.5 Å². The van der Waals surface area contributed by atoms with Crippen molar-refractivity contribution in [1.29, 1.82) is 0 Å². The summed E-state index contributed by atoms with van der Waals surface area (Å²) < 4.78 is 0. The van der Waals surface area contributed by atoms with E-state index in [4.69, 9.17) is 0 Å². The molecule has 0 saturated heterocycles. The summed E-state index contributed by atoms with van der Waals surface area (Å²) in [6.45, 7) is 6.83. The van der Waals surface area contributed by atoms with Crippen molar-refractivity contribution in [2.45, 2.75) is 20.8 Å². The highest BCUT2D eigenvalue weighted by Gasteiger charge is 2.13. The molecular weight excluding hydrogens is 248 g/mol. The van der Waals surface area contributed by atoms with E-state index < -0.39 is 4.92 Å². The Hall–Kier alpha value is -2.18. The van der Waals surface area contributed by atoms with Crippen LogP contribution < -0.4 is 5.32 Å². The Morgan fingerprint density at radius 3 is 2.53 bits per heavy atom. The third kappa shape index (κ3) is 3.90. The van der Waals surface area contributed by atoms with Gasteiger partial charge in [0.25, 0.3) is 5.69 Å². The van der Waals surface area contributed by atoms with Crippen molar-refractivity contribution in [2.75, 3.05) is 25.0 Å². The van der Waals surface area contributed by atoms with Crippen LogP contribution >= 0.6 is 0 Å². The molecule has 7 nitrogen and oxygen atoms in total. The third-order valence-corrected chi connectivity index (χ3v) is 2.79. The third-order valence-electron chi connectivity index (χ3n) is 2.79. The van der Waals surface area contributed by atoms with E-state index in [1.54, 1.807) is 11.8 Å². The molecule has 0 aliphatic heterocycles. The monoisotopic (exact) mass is 266 g/mol. The molecule has 1 amide bonds. The van der Waals surface area contributed by atoms with Crippen LogP contribution in [0, 0.1) is 17.0 Å². The molecule has 7 heteroatoms. The van der Waals surface area contributed by atoms with Gasteiger partial charge >= 0.3 is 0 Å². The number of anilines is 1. The van der Waals surface area contributed by atoms with Gasteiger partial charge in [-0.25, -0.2) is 4.98 Å². The Bertz CT molecular complexity index is 472. The number of likely N-dealkylation sites (N-methyl/N-ethyl adjacent to an activating group) is 1. The molecule has 104 valence electrons. The van der Waals surface area contributed by atoms with Crippen LogP contribution in [-0.2, 0) is 4.79 Å². The fourth-order valence-corrected chi connectivity index (χ4v) is 1.70. The quantitative estimate of drug-likeness (QED) is 0.623. The first kappa shape index (κ1) is 14.9. The lowest BCUT2D eigenvalue weighted by atomic mass is 10.3. The number of nitrogens with one attached hydrogen (secondary N) is 1. The van der Waals surface area contributed by atoms with Gasteiger partial charge in [-0.1, -0.05) is 0 Å². The molecule has 19 heavy (non-hydrogen) atoms. The molecule has 0 radical (unpaired) electrons. The van der Waals surface area contributed by atoms with Crippen molar-refractivity contribution < 1.29 is 9.72 Å². The van der Waals surface area contributed by atoms with E-state index in [9.17, 15) is 14.9 Å². The van der Waals surface area contributed by atoms with Crippen LogP contribution in [0.5, 0.6) is 0 Å². The Kier molecular flexibility index (Phi) is 5.23. The molecule has 0 unspecified atom stereocenters. The minimum atomic E-state index is -0.479. The second-order valence-electron chi connectivity index (χ2n) is 3.98. The van der Waals surface area contributed by atoms with Gasteiger partial charge in [0, 0.05) is 19.2 Å². The van der Waals surface area contributed by atoms with E-state index in [0.717, 1.165) is 0 Å². The number of aryl methyl sites for hydroxylation is 1. The number of nitrogens with zero attached hydrogens (tertiary/aromatic N) is 3. The number of carbonyl (C=O) groups excluding carboxylic acids is 1. The van der Waals surface area contributed by atoms with Gasteiger partial charge in [0.1, 0.15) is 11.5 Å². The fourth-order valence-electron chi connectivity index (χ4n) is 1.70. The van der Waals surface area contributed by atoms with Gasteiger partial charge in [-0.15, -0.1) is 0 Å². The van der Waals surface area contributed by atoms with Crippen LogP contribution in [0.1, 0.15) is 19.5 Å². The summed E-state index contributed by atoms with van der Waals surface area (Å²) in [4.78, 5) is 27.7. The van der Waals surface area contributed by atoms with Crippen molar-refractivity contribution in [3.63, 3.8) is 0 Å². The largest absolute Gasteiger partial charge is 0.361 e. The van der Waals surface area contributed by atoms with Crippen LogP contribution in [0.3, 0.4) is 0 Å². The number of nitro groups is 1. The van der Waals surface area contributed by atoms with E-state index in [1.807, 2.05) is 13.8 Å². The lowest BCUT2D eigenvalue weighted by Crippen LogP contribution is -2.35. The fraction of sp³-hybridized carbons (Fsp3) is 0.500. The molecule has 0 aliphatic rings. The van der Waals surface area contributed by atoms with Gasteiger partial charge < -0.3 is 10.2 Å². The summed E-state index contributed by atoms with van der Waals surface area (Å²) >= 11 is 0. The van der Waals surface area contributed by atoms with Gasteiger partial charge in [-0.05, 0) is 26.8 Å². The number of hydrogen-bond acceptors (Lipinski definition) is 5. The Balaban J connectivity index is 2.66. The lowest BCUT2D eigenvalue weighted by molar-refractivity contribution is -0.385. The second-order valence-corrected chi connectivity index (χ2v) is 3.98. The minimum Gasteiger partial charge on any atom is -0.361 e. The van der Waals surface area contributed by atoms with Crippen LogP contribution in [-0.4, -0.2) is 40.3 Å². The maximum absolute atomic E-state index is 11.8. The average molecular weight is 266 g/mol. The predicted molar refractivity (Wildman–Crippen MR) is 72.0 cm³/mol. The van der Waals surface area contributed by atoms with E-state index in [-0.39, 0.29) is 18.1 Å². The Morgan fingerprint density at radius 1 is 1.42 bits per heavy atom. The first-order chi connectivity index (χ1) is 8.99. The van der Waals surface area contributed by atoms with Crippen molar-refractivity contribution in [2.24, 2.45) is 0 Å². The van der Waals surface area contributed by atoms with E-state index >= 15 is 0 Å². The van der Waals surface area contributed by atoms with Crippen LogP contribution in [0.2, 0.25) is 0 Å². The van der Waals surface area contributed by atoms with Crippen molar-refractivity contribution in [3.05, 3.63) is 27.9 Å². The van der Waals surface area contributed by atoms with E-state index in [0.29, 0.717) is 24.6 Å². The Morgan fingerprint density at radius 2 is 2.05 bits per heavy atom. The first-order valence-electron chi connectivity index (χ1n) is 6.13. The molecular formula is C12H18N4O3. The summed E-state index contributed by atoms with van der Waals surface area (Å²) in [5.41, 5.74) is 0.297. The maximum atomic E-state index is 11.8. The Labute approximate surface area is 111 Å². The molecule has 0 saturated carbocycles. The summed E-state index contributed by atoms with van der Waals surface area (Å²) in [6, 6.07) is 2.88. The normalized spacial score (nSPS) is 10.1. The summed E-state index contributed by atoms with van der Waals surface area (Å²) in [7, 11) is 0. The lowest BCUT2D eigenvalue weighted by Gasteiger charge is -2.18. The molecule has 1 heterocycles. The second kappa shape index (κ2) is 6.67. The molecule has 0 spiro atoms. The van der Waals surface area contributed by atoms with Gasteiger partial charge in [0.05, 0.1) is 11.5 Å². The highest BCUT2D eigenvalue weighted by molar-refractivity contribution is 5.80. The molecule has 1 rings (SSSR count). The minimum absolute atomic E-state index is 0.0252. The van der Waals surface area contributed by atoms with Gasteiger partial charge in [-0.2, -0.15) is 0 Å². The van der Waals surface area contributed by atoms with E-state index in [1.165, 1.54) is 12.1 Å². The molecule has 1 N–H and O–H groups in total. The number of pyridine rings is 1. The summed E-state index contributed by atoms with van der Waals surface area (Å²) in [6.07, 6.45) is 0. The summed E-state index contributed by atoms with van der Waals surface area (Å²) in [5.74, 6) is 0.436. The molecule has 0 bridgehead atoms. The van der Waals surface area contributed by atoms with Crippen molar-refractivity contribution in [1.82, 2.24) is 9.88 Å². The standard InChI is InChI=1S/C12H18N4O3/c1-4-15(5-2)12(17)8-13-11-7-6-10(16(18)19)9(3)14-11/h6-7H,4-5,8H2,1-3H3,(H,13,14). The zero-order valence-electron chi connectivity index (χ0n) is 11.3. The van der Waals surface area contributed by atoms with Gasteiger partial charge in [0.2, 0.25) is 5.91 Å². The molecule has 0 aromatic carbocycles. The number of amides is 1. The summed E-state index contributed by atoms with van der Waals surface area (Å²) in [5, 5.41) is 13.5. The highest BCUT2D eigenvalue weighted by atomic mass is 16.6. The predicted octanol–water partition coefficient (Wildman–Crippen LogP) is 1.58. The molecule has 0 aliphatic carbocycles. The smallest absolute Gasteiger partial charge is 0.290 e. The van der Waals surface area contributed by atoms with Crippen LogP contribution in [0.15, 0.2) is 12.1 Å². The molecule has 0 fully saturated rings. The molecule has 1 aromatic heterocycles.